The predicted molar refractivity (Wildman–Crippen MR) is 95.0 cm³/mol. The van der Waals surface area contributed by atoms with Crippen LogP contribution < -0.4 is 10.2 Å². The number of ether oxygens (including phenoxy) is 1. The molecule has 0 bridgehead atoms. The Hall–Kier alpha value is -2.24. The average Bonchev–Trinajstić information content (AvgIpc) is 2.56. The van der Waals surface area contributed by atoms with Crippen LogP contribution in [0.4, 0.5) is 0 Å². The minimum atomic E-state index is -0.411. The molecule has 0 aromatic heterocycles. The summed E-state index contributed by atoms with van der Waals surface area (Å²) in [6, 6.07) is 11.3. The van der Waals surface area contributed by atoms with Crippen LogP contribution in [0.1, 0.15) is 18.9 Å². The van der Waals surface area contributed by atoms with E-state index in [9.17, 15) is 9.90 Å². The second-order valence-electron chi connectivity index (χ2n) is 4.86. The highest BCUT2D eigenvalue weighted by Gasteiger charge is 2.07. The van der Waals surface area contributed by atoms with Crippen LogP contribution in [0.5, 0.6) is 11.5 Å². The van der Waals surface area contributed by atoms with Crippen LogP contribution in [0.25, 0.3) is 0 Å². The first-order valence-corrected chi connectivity index (χ1v) is 7.98. The van der Waals surface area contributed by atoms with Crippen molar-refractivity contribution in [2.24, 2.45) is 5.10 Å². The van der Waals surface area contributed by atoms with E-state index in [2.05, 4.69) is 10.5 Å². The maximum absolute atomic E-state index is 11.8. The smallest absolute Gasteiger partial charge is 0.277 e. The summed E-state index contributed by atoms with van der Waals surface area (Å²) in [6.07, 6.45) is 0.620. The number of carbonyl (C=O) groups excluding carboxylic acids is 1. The Bertz CT molecular complexity index is 746. The highest BCUT2D eigenvalue weighted by atomic mass is 35.5. The molecule has 0 spiro atoms. The van der Waals surface area contributed by atoms with E-state index in [1.54, 1.807) is 36.4 Å². The van der Waals surface area contributed by atoms with E-state index < -0.39 is 5.91 Å². The number of nitrogens with one attached hydrogen (secondary N) is 1. The van der Waals surface area contributed by atoms with Crippen molar-refractivity contribution in [2.45, 2.75) is 13.3 Å². The summed E-state index contributed by atoms with van der Waals surface area (Å²) in [5, 5.41) is 14.2. The third kappa shape index (κ3) is 5.15. The first kappa shape index (κ1) is 18.1. The molecular formula is C17H16Cl2N2O3. The molecule has 0 aliphatic rings. The summed E-state index contributed by atoms with van der Waals surface area (Å²) >= 11 is 11.8. The van der Waals surface area contributed by atoms with Gasteiger partial charge in [0.2, 0.25) is 0 Å². The number of carbonyl (C=O) groups is 1. The molecule has 0 heterocycles. The zero-order valence-corrected chi connectivity index (χ0v) is 14.4. The number of phenolic OH excluding ortho intramolecular Hbond substituents is 1. The van der Waals surface area contributed by atoms with E-state index in [4.69, 9.17) is 27.9 Å². The van der Waals surface area contributed by atoms with Gasteiger partial charge < -0.3 is 9.84 Å². The number of nitrogens with zero attached hydrogens (tertiary/aromatic N) is 1. The van der Waals surface area contributed by atoms with Crippen LogP contribution >= 0.6 is 23.2 Å². The van der Waals surface area contributed by atoms with Crippen LogP contribution in [0.15, 0.2) is 47.6 Å². The fourth-order valence-electron chi connectivity index (χ4n) is 1.90. The molecule has 0 aliphatic carbocycles. The minimum Gasteiger partial charge on any atom is -0.508 e. The number of hydrogen-bond acceptors (Lipinski definition) is 4. The molecule has 1 amide bonds. The summed E-state index contributed by atoms with van der Waals surface area (Å²) in [5.74, 6) is 0.131. The Labute approximate surface area is 149 Å². The van der Waals surface area contributed by atoms with Gasteiger partial charge in [0.05, 0.1) is 10.7 Å². The van der Waals surface area contributed by atoms with Gasteiger partial charge in [-0.1, -0.05) is 30.1 Å². The van der Waals surface area contributed by atoms with Crippen LogP contribution in [0, 0.1) is 0 Å². The van der Waals surface area contributed by atoms with Gasteiger partial charge in [0, 0.05) is 5.02 Å². The predicted octanol–water partition coefficient (Wildman–Crippen LogP) is 4.01. The summed E-state index contributed by atoms with van der Waals surface area (Å²) in [5.41, 5.74) is 3.95. The molecule has 0 radical (unpaired) electrons. The molecule has 24 heavy (non-hydrogen) atoms. The molecule has 2 N–H and O–H groups in total. The first-order valence-electron chi connectivity index (χ1n) is 7.22. The standard InChI is InChI=1S/C17H16Cl2N2O3/c1-2-15(11-3-6-13(22)7-4-11)20-21-17(23)10-24-16-8-5-12(18)9-14(16)19/h3-9,22H,2,10H2,1H3,(H,21,23). The summed E-state index contributed by atoms with van der Waals surface area (Å²) in [7, 11) is 0. The summed E-state index contributed by atoms with van der Waals surface area (Å²) in [4.78, 5) is 11.8. The number of phenols is 1. The molecule has 2 aromatic carbocycles. The molecule has 5 nitrogen and oxygen atoms in total. The Balaban J connectivity index is 1.94. The fraction of sp³-hybridized carbons (Fsp3) is 0.176. The van der Waals surface area contributed by atoms with Crippen molar-refractivity contribution >= 4 is 34.8 Å². The van der Waals surface area contributed by atoms with Gasteiger partial charge in [-0.3, -0.25) is 4.79 Å². The van der Waals surface area contributed by atoms with Gasteiger partial charge in [-0.25, -0.2) is 5.43 Å². The molecule has 126 valence electrons. The third-order valence-electron chi connectivity index (χ3n) is 3.10. The van der Waals surface area contributed by atoms with E-state index in [1.165, 1.54) is 6.07 Å². The highest BCUT2D eigenvalue weighted by Crippen LogP contribution is 2.27. The number of hydrazone groups is 1. The molecule has 0 unspecified atom stereocenters. The van der Waals surface area contributed by atoms with Crippen LogP contribution in [-0.4, -0.2) is 23.3 Å². The lowest BCUT2D eigenvalue weighted by atomic mass is 10.1. The molecule has 2 aromatic rings. The number of amides is 1. The van der Waals surface area contributed by atoms with Gasteiger partial charge in [0.1, 0.15) is 11.5 Å². The monoisotopic (exact) mass is 366 g/mol. The molecule has 0 fully saturated rings. The molecule has 0 aliphatic heterocycles. The van der Waals surface area contributed by atoms with E-state index in [0.717, 1.165) is 5.56 Å². The second kappa shape index (κ2) is 8.57. The third-order valence-corrected chi connectivity index (χ3v) is 3.63. The number of hydrogen-bond donors (Lipinski definition) is 2. The van der Waals surface area contributed by atoms with Gasteiger partial charge in [-0.15, -0.1) is 0 Å². The average molecular weight is 367 g/mol. The van der Waals surface area contributed by atoms with Crippen molar-refractivity contribution in [1.82, 2.24) is 5.43 Å². The van der Waals surface area contributed by atoms with Crippen LogP contribution in [0.3, 0.4) is 0 Å². The number of halogens is 2. The Morgan fingerprint density at radius 1 is 1.21 bits per heavy atom. The van der Waals surface area contributed by atoms with Crippen molar-refractivity contribution < 1.29 is 14.6 Å². The lowest BCUT2D eigenvalue weighted by molar-refractivity contribution is -0.123. The summed E-state index contributed by atoms with van der Waals surface area (Å²) in [6.45, 7) is 1.69. The Morgan fingerprint density at radius 2 is 1.92 bits per heavy atom. The van der Waals surface area contributed by atoms with E-state index in [0.29, 0.717) is 27.9 Å². The summed E-state index contributed by atoms with van der Waals surface area (Å²) < 4.78 is 5.34. The fourth-order valence-corrected chi connectivity index (χ4v) is 2.36. The highest BCUT2D eigenvalue weighted by molar-refractivity contribution is 6.35. The van der Waals surface area contributed by atoms with Crippen molar-refractivity contribution in [3.63, 3.8) is 0 Å². The molecule has 0 atom stereocenters. The van der Waals surface area contributed by atoms with Crippen LogP contribution in [-0.2, 0) is 4.79 Å². The zero-order valence-electron chi connectivity index (χ0n) is 12.9. The largest absolute Gasteiger partial charge is 0.508 e. The van der Waals surface area contributed by atoms with Crippen molar-refractivity contribution in [3.05, 3.63) is 58.1 Å². The minimum absolute atomic E-state index is 0.173. The number of benzene rings is 2. The first-order chi connectivity index (χ1) is 11.5. The van der Waals surface area contributed by atoms with Gasteiger partial charge in [-0.2, -0.15) is 5.10 Å². The van der Waals surface area contributed by atoms with Gasteiger partial charge in [0.25, 0.3) is 5.91 Å². The van der Waals surface area contributed by atoms with Crippen LogP contribution in [0.2, 0.25) is 10.0 Å². The van der Waals surface area contributed by atoms with Gasteiger partial charge in [-0.05, 0) is 54.4 Å². The van der Waals surface area contributed by atoms with Crippen molar-refractivity contribution in [1.29, 1.82) is 0 Å². The van der Waals surface area contributed by atoms with E-state index in [1.807, 2.05) is 6.92 Å². The molecule has 0 saturated heterocycles. The van der Waals surface area contributed by atoms with Gasteiger partial charge >= 0.3 is 0 Å². The van der Waals surface area contributed by atoms with E-state index in [-0.39, 0.29) is 12.4 Å². The Morgan fingerprint density at radius 3 is 2.54 bits per heavy atom. The number of rotatable bonds is 6. The molecule has 2 rings (SSSR count). The van der Waals surface area contributed by atoms with Crippen molar-refractivity contribution in [3.8, 4) is 11.5 Å². The maximum Gasteiger partial charge on any atom is 0.277 e. The lowest BCUT2D eigenvalue weighted by Crippen LogP contribution is -2.26. The van der Waals surface area contributed by atoms with Gasteiger partial charge in [0.15, 0.2) is 6.61 Å². The molecule has 7 heteroatoms. The molecule has 0 saturated carbocycles. The van der Waals surface area contributed by atoms with Crippen molar-refractivity contribution in [2.75, 3.05) is 6.61 Å². The van der Waals surface area contributed by atoms with E-state index >= 15 is 0 Å². The quantitative estimate of drug-likeness (QED) is 0.599. The topological polar surface area (TPSA) is 70.9 Å². The second-order valence-corrected chi connectivity index (χ2v) is 5.70. The maximum atomic E-state index is 11.8. The zero-order chi connectivity index (χ0) is 17.5. The number of aromatic hydroxyl groups is 1. The molecular weight excluding hydrogens is 351 g/mol. The Kier molecular flexibility index (Phi) is 6.46. The normalized spacial score (nSPS) is 11.2. The SMILES string of the molecule is CCC(=NNC(=O)COc1ccc(Cl)cc1Cl)c1ccc(O)cc1. The lowest BCUT2D eigenvalue weighted by Gasteiger charge is -2.08.